The number of nitrogens with zero attached hydrogens (tertiary/aromatic N) is 1. The zero-order valence-corrected chi connectivity index (χ0v) is 18.1. The Labute approximate surface area is 189 Å². The van der Waals surface area contributed by atoms with E-state index >= 15 is 0 Å². The summed E-state index contributed by atoms with van der Waals surface area (Å²) in [4.78, 5) is 35.6. The van der Waals surface area contributed by atoms with Gasteiger partial charge in [-0.3, -0.25) is 14.9 Å². The van der Waals surface area contributed by atoms with Gasteiger partial charge in [0.25, 0.3) is 5.91 Å². The Morgan fingerprint density at radius 2 is 1.67 bits per heavy atom. The van der Waals surface area contributed by atoms with Gasteiger partial charge in [0.1, 0.15) is 6.61 Å². The predicted octanol–water partition coefficient (Wildman–Crippen LogP) is 3.88. The Morgan fingerprint density at radius 1 is 1.06 bits per heavy atom. The lowest BCUT2D eigenvalue weighted by Crippen LogP contribution is -2.39. The molecule has 0 fully saturated rings. The molecule has 33 heavy (non-hydrogen) atoms. The van der Waals surface area contributed by atoms with Crippen LogP contribution >= 0.6 is 0 Å². The molecular formula is C24H23N3O6. The number of aromatic nitrogens is 1. The smallest absolute Gasteiger partial charge is 0.414 e. The molecule has 0 spiro atoms. The Balaban J connectivity index is 1.35. The Bertz CT molecular complexity index is 1170. The summed E-state index contributed by atoms with van der Waals surface area (Å²) in [5.41, 5.74) is 3.20. The molecule has 0 saturated heterocycles. The maximum Gasteiger partial charge on any atom is 0.414 e. The van der Waals surface area contributed by atoms with Crippen molar-refractivity contribution in [3.63, 3.8) is 0 Å². The maximum absolute atomic E-state index is 12.3. The highest BCUT2D eigenvalue weighted by Crippen LogP contribution is 2.44. The van der Waals surface area contributed by atoms with Crippen molar-refractivity contribution in [3.05, 3.63) is 71.4 Å². The van der Waals surface area contributed by atoms with E-state index in [-0.39, 0.29) is 30.6 Å². The van der Waals surface area contributed by atoms with E-state index in [9.17, 15) is 14.4 Å². The Kier molecular flexibility index (Phi) is 5.87. The number of carboxylic acid groups (broad SMARTS) is 1. The number of fused-ring (bicyclic) bond motifs is 3. The predicted molar refractivity (Wildman–Crippen MR) is 119 cm³/mol. The zero-order chi connectivity index (χ0) is 23.6. The third kappa shape index (κ3) is 4.57. The van der Waals surface area contributed by atoms with Crippen LogP contribution in [-0.2, 0) is 9.53 Å². The minimum atomic E-state index is -1.14. The molecule has 0 unspecified atom stereocenters. The number of amides is 2. The summed E-state index contributed by atoms with van der Waals surface area (Å²) in [7, 11) is 0. The molecule has 1 aliphatic carbocycles. The summed E-state index contributed by atoms with van der Waals surface area (Å²) >= 11 is 0. The number of rotatable bonds is 7. The molecule has 3 N–H and O–H groups in total. The molecule has 1 aliphatic rings. The lowest BCUT2D eigenvalue weighted by atomic mass is 9.94. The molecule has 0 atom stereocenters. The van der Waals surface area contributed by atoms with E-state index in [4.69, 9.17) is 14.4 Å². The van der Waals surface area contributed by atoms with E-state index < -0.39 is 23.4 Å². The van der Waals surface area contributed by atoms with Crippen molar-refractivity contribution in [2.45, 2.75) is 19.8 Å². The quantitative estimate of drug-likeness (QED) is 0.499. The van der Waals surface area contributed by atoms with Crippen LogP contribution in [0.15, 0.2) is 59.1 Å². The summed E-state index contributed by atoms with van der Waals surface area (Å²) in [6.07, 6.45) is -0.744. The highest BCUT2D eigenvalue weighted by Gasteiger charge is 2.30. The third-order valence-corrected chi connectivity index (χ3v) is 5.58. The van der Waals surface area contributed by atoms with Crippen LogP contribution in [0, 0.1) is 5.41 Å². The molecular weight excluding hydrogens is 426 g/mol. The van der Waals surface area contributed by atoms with Crippen LogP contribution in [-0.4, -0.2) is 41.4 Å². The fourth-order valence-electron chi connectivity index (χ4n) is 3.64. The average Bonchev–Trinajstić information content (AvgIpc) is 3.39. The highest BCUT2D eigenvalue weighted by atomic mass is 16.6. The van der Waals surface area contributed by atoms with E-state index in [1.54, 1.807) is 0 Å². The molecule has 0 radical (unpaired) electrons. The van der Waals surface area contributed by atoms with Crippen molar-refractivity contribution in [1.82, 2.24) is 10.5 Å². The number of carbonyl (C=O) groups excluding carboxylic acids is 2. The summed E-state index contributed by atoms with van der Waals surface area (Å²) in [5, 5.41) is 17.6. The summed E-state index contributed by atoms with van der Waals surface area (Å²) in [6.45, 7) is 3.01. The monoisotopic (exact) mass is 449 g/mol. The first kappa shape index (κ1) is 22.1. The van der Waals surface area contributed by atoms with Gasteiger partial charge in [0.2, 0.25) is 5.88 Å². The lowest BCUT2D eigenvalue weighted by molar-refractivity contribution is -0.146. The van der Waals surface area contributed by atoms with E-state index in [2.05, 4.69) is 15.8 Å². The van der Waals surface area contributed by atoms with Gasteiger partial charge in [-0.1, -0.05) is 53.7 Å². The SMILES string of the molecule is CC(C)(CNC(=O)c1cc(NC(=O)OCC2c3ccccc3-c3ccccc32)on1)C(=O)O. The number of carboxylic acids is 1. The number of hydrogen-bond acceptors (Lipinski definition) is 6. The Hall–Kier alpha value is -4.14. The maximum atomic E-state index is 12.3. The number of nitrogens with one attached hydrogen (secondary N) is 2. The standard InChI is InChI=1S/C24H23N3O6/c1-24(2,22(29)30)13-25-21(28)19-11-20(33-27-19)26-23(31)32-12-18-16-9-5-3-7-14(16)15-8-4-6-10-17(15)18/h3-11,18H,12-13H2,1-2H3,(H,25,28)(H,26,31)(H,29,30). The van der Waals surface area contributed by atoms with Crippen LogP contribution in [0.5, 0.6) is 0 Å². The van der Waals surface area contributed by atoms with Crippen molar-refractivity contribution in [2.24, 2.45) is 5.41 Å². The molecule has 0 bridgehead atoms. The number of anilines is 1. The van der Waals surface area contributed by atoms with Gasteiger partial charge in [-0.05, 0) is 36.1 Å². The van der Waals surface area contributed by atoms with Crippen LogP contribution in [0.1, 0.15) is 41.4 Å². The van der Waals surface area contributed by atoms with Gasteiger partial charge in [0, 0.05) is 18.5 Å². The van der Waals surface area contributed by atoms with Gasteiger partial charge >= 0.3 is 12.1 Å². The first-order chi connectivity index (χ1) is 15.8. The number of ether oxygens (including phenoxy) is 1. The van der Waals surface area contributed by atoms with Crippen molar-refractivity contribution in [3.8, 4) is 11.1 Å². The largest absolute Gasteiger partial charge is 0.481 e. The summed E-state index contributed by atoms with van der Waals surface area (Å²) in [6, 6.07) is 17.2. The van der Waals surface area contributed by atoms with Gasteiger partial charge in [0.05, 0.1) is 5.41 Å². The number of benzene rings is 2. The number of hydrogen-bond donors (Lipinski definition) is 3. The zero-order valence-electron chi connectivity index (χ0n) is 18.1. The minimum absolute atomic E-state index is 0.0603. The molecule has 170 valence electrons. The molecule has 1 heterocycles. The molecule has 3 aromatic rings. The van der Waals surface area contributed by atoms with Crippen LogP contribution in [0.3, 0.4) is 0 Å². The van der Waals surface area contributed by atoms with Crippen LogP contribution < -0.4 is 10.6 Å². The molecule has 2 amide bonds. The highest BCUT2D eigenvalue weighted by molar-refractivity contribution is 5.94. The normalized spacial score (nSPS) is 12.5. The van der Waals surface area contributed by atoms with E-state index in [1.807, 2.05) is 48.5 Å². The lowest BCUT2D eigenvalue weighted by Gasteiger charge is -2.18. The van der Waals surface area contributed by atoms with E-state index in [1.165, 1.54) is 19.9 Å². The molecule has 4 rings (SSSR count). The van der Waals surface area contributed by atoms with Gasteiger partial charge in [-0.15, -0.1) is 0 Å². The fourth-order valence-corrected chi connectivity index (χ4v) is 3.64. The average molecular weight is 449 g/mol. The second kappa shape index (κ2) is 8.78. The number of aliphatic carboxylic acids is 1. The summed E-state index contributed by atoms with van der Waals surface area (Å²) in [5.74, 6) is -1.80. The molecule has 1 aromatic heterocycles. The molecule has 0 aliphatic heterocycles. The topological polar surface area (TPSA) is 131 Å². The van der Waals surface area contributed by atoms with Crippen molar-refractivity contribution < 1.29 is 28.8 Å². The van der Waals surface area contributed by atoms with Gasteiger partial charge in [-0.25, -0.2) is 4.79 Å². The van der Waals surface area contributed by atoms with E-state index in [0.29, 0.717) is 0 Å². The first-order valence-electron chi connectivity index (χ1n) is 10.4. The van der Waals surface area contributed by atoms with Crippen LogP contribution in [0.25, 0.3) is 11.1 Å². The number of carbonyl (C=O) groups is 3. The van der Waals surface area contributed by atoms with Crippen molar-refractivity contribution in [2.75, 3.05) is 18.5 Å². The second-order valence-corrected chi connectivity index (χ2v) is 8.40. The molecule has 2 aromatic carbocycles. The van der Waals surface area contributed by atoms with Gasteiger partial charge < -0.3 is 19.7 Å². The van der Waals surface area contributed by atoms with E-state index in [0.717, 1.165) is 22.3 Å². The van der Waals surface area contributed by atoms with Crippen LogP contribution in [0.4, 0.5) is 10.7 Å². The van der Waals surface area contributed by atoms with Crippen molar-refractivity contribution >= 4 is 23.9 Å². The van der Waals surface area contributed by atoms with Crippen LogP contribution in [0.2, 0.25) is 0 Å². The van der Waals surface area contributed by atoms with Crippen molar-refractivity contribution in [1.29, 1.82) is 0 Å². The third-order valence-electron chi connectivity index (χ3n) is 5.58. The first-order valence-corrected chi connectivity index (χ1v) is 10.4. The summed E-state index contributed by atoms with van der Waals surface area (Å²) < 4.78 is 10.4. The van der Waals surface area contributed by atoms with Gasteiger partial charge in [-0.2, -0.15) is 0 Å². The fraction of sp³-hybridized carbons (Fsp3) is 0.250. The molecule has 0 saturated carbocycles. The minimum Gasteiger partial charge on any atom is -0.481 e. The van der Waals surface area contributed by atoms with Gasteiger partial charge in [0.15, 0.2) is 5.69 Å². The molecule has 9 heteroatoms. The Morgan fingerprint density at radius 3 is 2.27 bits per heavy atom. The molecule has 9 nitrogen and oxygen atoms in total. The second-order valence-electron chi connectivity index (χ2n) is 8.40.